The number of amides is 1. The lowest BCUT2D eigenvalue weighted by Gasteiger charge is -2.10. The number of nitrogens with two attached hydrogens (primary N) is 1. The average Bonchev–Trinajstić information content (AvgIpc) is 2.97. The number of primary amides is 1. The van der Waals surface area contributed by atoms with Gasteiger partial charge in [0.1, 0.15) is 11.6 Å². The van der Waals surface area contributed by atoms with Crippen LogP contribution in [-0.4, -0.2) is 11.9 Å². The average molecular weight is 347 g/mol. The van der Waals surface area contributed by atoms with Crippen LogP contribution < -0.4 is 11.1 Å². The van der Waals surface area contributed by atoms with E-state index in [1.165, 1.54) is 12.1 Å². The van der Waals surface area contributed by atoms with Crippen molar-refractivity contribution >= 4 is 28.5 Å². The molecule has 1 heterocycles. The van der Waals surface area contributed by atoms with Gasteiger partial charge in [-0.2, -0.15) is 0 Å². The lowest BCUT2D eigenvalue weighted by molar-refractivity contribution is -0.119. The summed E-state index contributed by atoms with van der Waals surface area (Å²) in [6.07, 6.45) is 0. The minimum atomic E-state index is -0.438. The summed E-state index contributed by atoms with van der Waals surface area (Å²) < 4.78 is 19.1. The Morgan fingerprint density at radius 2 is 2.12 bits per heavy atom. The molecule has 0 spiro atoms. The normalized spacial score (nSPS) is 12.5. The first kappa shape index (κ1) is 16.5. The number of fused-ring (bicyclic) bond motifs is 1. The minimum absolute atomic E-state index is 0.329. The second kappa shape index (κ2) is 6.63. The molecule has 0 radical (unpaired) electrons. The van der Waals surface area contributed by atoms with Crippen LogP contribution in [-0.2, 0) is 11.3 Å². The van der Waals surface area contributed by atoms with Gasteiger partial charge in [-0.05, 0) is 42.8 Å². The fraction of sp³-hybridized carbons (Fsp3) is 0.167. The third kappa shape index (κ3) is 3.42. The van der Waals surface area contributed by atoms with Crippen molar-refractivity contribution in [2.75, 3.05) is 0 Å². The Morgan fingerprint density at radius 3 is 2.83 bits per heavy atom. The monoisotopic (exact) mass is 346 g/mol. The fourth-order valence-electron chi connectivity index (χ4n) is 2.43. The van der Waals surface area contributed by atoms with Gasteiger partial charge in [0, 0.05) is 17.5 Å². The van der Waals surface area contributed by atoms with Crippen LogP contribution in [0.1, 0.15) is 12.5 Å². The van der Waals surface area contributed by atoms with Crippen LogP contribution >= 0.6 is 11.6 Å². The zero-order valence-electron chi connectivity index (χ0n) is 13.0. The van der Waals surface area contributed by atoms with E-state index in [4.69, 9.17) is 21.8 Å². The zero-order chi connectivity index (χ0) is 17.3. The Kier molecular flexibility index (Phi) is 4.55. The Balaban J connectivity index is 1.92. The molecule has 3 rings (SSSR count). The van der Waals surface area contributed by atoms with Gasteiger partial charge in [-0.1, -0.05) is 23.7 Å². The summed E-state index contributed by atoms with van der Waals surface area (Å²) in [4.78, 5) is 11.1. The summed E-state index contributed by atoms with van der Waals surface area (Å²) in [6.45, 7) is 2.14. The molecule has 0 fully saturated rings. The van der Waals surface area contributed by atoms with Gasteiger partial charge in [0.2, 0.25) is 5.91 Å². The predicted octanol–water partition coefficient (Wildman–Crippen LogP) is 3.86. The molecule has 124 valence electrons. The first-order chi connectivity index (χ1) is 11.4. The van der Waals surface area contributed by atoms with E-state index in [-0.39, 0.29) is 5.82 Å². The summed E-state index contributed by atoms with van der Waals surface area (Å²) in [5, 5.41) is 4.29. The molecule has 2 aromatic carbocycles. The molecule has 0 saturated carbocycles. The number of furan rings is 1. The van der Waals surface area contributed by atoms with Crippen molar-refractivity contribution in [2.24, 2.45) is 5.73 Å². The highest BCUT2D eigenvalue weighted by Gasteiger charge is 2.13. The van der Waals surface area contributed by atoms with E-state index in [1.54, 1.807) is 25.1 Å². The van der Waals surface area contributed by atoms with Crippen LogP contribution in [0.4, 0.5) is 4.39 Å². The highest BCUT2D eigenvalue weighted by atomic mass is 35.5. The second-order valence-corrected chi connectivity index (χ2v) is 6.03. The van der Waals surface area contributed by atoms with Gasteiger partial charge in [0.15, 0.2) is 5.58 Å². The smallest absolute Gasteiger partial charge is 0.234 e. The zero-order valence-corrected chi connectivity index (χ0v) is 13.7. The minimum Gasteiger partial charge on any atom is -0.455 e. The van der Waals surface area contributed by atoms with Crippen molar-refractivity contribution in [3.05, 3.63) is 58.9 Å². The SMILES string of the molecule is CC(NCc1cc(Cl)c2oc(-c3cccc(F)c3)cc2c1)C(N)=O. The van der Waals surface area contributed by atoms with Gasteiger partial charge in [0.05, 0.1) is 11.1 Å². The molecule has 1 aromatic heterocycles. The topological polar surface area (TPSA) is 68.3 Å². The van der Waals surface area contributed by atoms with E-state index in [9.17, 15) is 9.18 Å². The second-order valence-electron chi connectivity index (χ2n) is 5.62. The van der Waals surface area contributed by atoms with Crippen LogP contribution in [0.25, 0.3) is 22.3 Å². The molecule has 3 N–H and O–H groups in total. The molecule has 0 bridgehead atoms. The summed E-state index contributed by atoms with van der Waals surface area (Å²) in [5.41, 5.74) is 7.31. The van der Waals surface area contributed by atoms with Gasteiger partial charge in [-0.15, -0.1) is 0 Å². The van der Waals surface area contributed by atoms with Gasteiger partial charge >= 0.3 is 0 Å². The van der Waals surface area contributed by atoms with Gasteiger partial charge in [0.25, 0.3) is 0 Å². The van der Waals surface area contributed by atoms with E-state index in [0.29, 0.717) is 28.5 Å². The maximum atomic E-state index is 13.4. The van der Waals surface area contributed by atoms with Gasteiger partial charge in [-0.25, -0.2) is 4.39 Å². The number of carbonyl (C=O) groups is 1. The summed E-state index contributed by atoms with van der Waals surface area (Å²) >= 11 is 6.28. The van der Waals surface area contributed by atoms with Crippen molar-refractivity contribution in [2.45, 2.75) is 19.5 Å². The summed E-state index contributed by atoms with van der Waals surface area (Å²) in [6, 6.07) is 11.2. The Bertz CT molecular complexity index is 907. The third-order valence-electron chi connectivity index (χ3n) is 3.78. The maximum Gasteiger partial charge on any atom is 0.234 e. The first-order valence-corrected chi connectivity index (χ1v) is 7.82. The fourth-order valence-corrected chi connectivity index (χ4v) is 2.71. The number of benzene rings is 2. The quantitative estimate of drug-likeness (QED) is 0.737. The van der Waals surface area contributed by atoms with Gasteiger partial charge < -0.3 is 15.5 Å². The number of nitrogens with one attached hydrogen (secondary N) is 1. The van der Waals surface area contributed by atoms with Crippen LogP contribution in [0.2, 0.25) is 5.02 Å². The van der Waals surface area contributed by atoms with Crippen molar-refractivity contribution in [3.8, 4) is 11.3 Å². The highest BCUT2D eigenvalue weighted by molar-refractivity contribution is 6.35. The molecule has 4 nitrogen and oxygen atoms in total. The largest absolute Gasteiger partial charge is 0.455 e. The Morgan fingerprint density at radius 1 is 1.33 bits per heavy atom. The number of rotatable bonds is 5. The molecule has 0 aliphatic rings. The number of carbonyl (C=O) groups excluding carboxylic acids is 1. The lowest BCUT2D eigenvalue weighted by Crippen LogP contribution is -2.38. The molecule has 0 aliphatic heterocycles. The summed E-state index contributed by atoms with van der Waals surface area (Å²) in [5.74, 6) is -0.203. The van der Waals surface area contributed by atoms with Crippen LogP contribution in [0.15, 0.2) is 46.9 Å². The molecule has 1 unspecified atom stereocenters. The van der Waals surface area contributed by atoms with E-state index >= 15 is 0 Å². The lowest BCUT2D eigenvalue weighted by atomic mass is 10.1. The van der Waals surface area contributed by atoms with Crippen molar-refractivity contribution < 1.29 is 13.6 Å². The molecule has 6 heteroatoms. The molecule has 1 amide bonds. The van der Waals surface area contributed by atoms with Crippen molar-refractivity contribution in [1.29, 1.82) is 0 Å². The third-order valence-corrected chi connectivity index (χ3v) is 4.06. The molecular weight excluding hydrogens is 331 g/mol. The van der Waals surface area contributed by atoms with Gasteiger partial charge in [-0.3, -0.25) is 4.79 Å². The Hall–Kier alpha value is -2.37. The molecule has 0 saturated heterocycles. The maximum absolute atomic E-state index is 13.4. The molecular formula is C18H16ClFN2O2. The van der Waals surface area contributed by atoms with E-state index < -0.39 is 11.9 Å². The number of hydrogen-bond acceptors (Lipinski definition) is 3. The Labute approximate surface area is 143 Å². The molecule has 0 aliphatic carbocycles. The van der Waals surface area contributed by atoms with E-state index in [2.05, 4.69) is 5.32 Å². The standard InChI is InChI=1S/C18H16ClFN2O2/c1-10(18(21)23)22-9-11-5-13-8-16(24-17(13)15(19)6-11)12-3-2-4-14(20)7-12/h2-8,10,22H,9H2,1H3,(H2,21,23). The molecule has 1 atom stereocenters. The molecule has 3 aromatic rings. The summed E-state index contributed by atoms with van der Waals surface area (Å²) in [7, 11) is 0. The molecule has 24 heavy (non-hydrogen) atoms. The van der Waals surface area contributed by atoms with Crippen molar-refractivity contribution in [1.82, 2.24) is 5.32 Å². The van der Waals surface area contributed by atoms with Crippen molar-refractivity contribution in [3.63, 3.8) is 0 Å². The number of halogens is 2. The van der Waals surface area contributed by atoms with Crippen LogP contribution in [0.5, 0.6) is 0 Å². The first-order valence-electron chi connectivity index (χ1n) is 7.44. The predicted molar refractivity (Wildman–Crippen MR) is 92.1 cm³/mol. The van der Waals surface area contributed by atoms with E-state index in [1.807, 2.05) is 12.1 Å². The highest BCUT2D eigenvalue weighted by Crippen LogP contribution is 2.33. The number of hydrogen-bond donors (Lipinski definition) is 2. The van der Waals surface area contributed by atoms with E-state index in [0.717, 1.165) is 10.9 Å². The van der Waals surface area contributed by atoms with Crippen LogP contribution in [0, 0.1) is 5.82 Å². The van der Waals surface area contributed by atoms with Crippen LogP contribution in [0.3, 0.4) is 0 Å².